The SMILES string of the molecule is O=Cc1cc(NCCCC(=O)O)ccc1C(=O)NC1CCC(=O)NC1=O. The molecule has 1 saturated heterocycles. The molecule has 1 unspecified atom stereocenters. The maximum atomic E-state index is 12.3. The van der Waals surface area contributed by atoms with E-state index in [0.717, 1.165) is 0 Å². The van der Waals surface area contributed by atoms with Crippen molar-refractivity contribution in [2.45, 2.75) is 31.7 Å². The van der Waals surface area contributed by atoms with Crippen LogP contribution in [-0.4, -0.2) is 47.7 Å². The lowest BCUT2D eigenvalue weighted by Gasteiger charge is -2.22. The van der Waals surface area contributed by atoms with Crippen LogP contribution in [0.3, 0.4) is 0 Å². The van der Waals surface area contributed by atoms with E-state index in [1.54, 1.807) is 6.07 Å². The molecule has 1 fully saturated rings. The number of hydrogen-bond acceptors (Lipinski definition) is 6. The first-order valence-electron chi connectivity index (χ1n) is 8.10. The molecular formula is C17H19N3O6. The van der Waals surface area contributed by atoms with Crippen LogP contribution < -0.4 is 16.0 Å². The minimum Gasteiger partial charge on any atom is -0.481 e. The monoisotopic (exact) mass is 361 g/mol. The number of amides is 3. The summed E-state index contributed by atoms with van der Waals surface area (Å²) in [5.74, 6) is -2.42. The van der Waals surface area contributed by atoms with E-state index in [4.69, 9.17) is 5.11 Å². The zero-order valence-electron chi connectivity index (χ0n) is 13.9. The van der Waals surface area contributed by atoms with Gasteiger partial charge in [0.15, 0.2) is 6.29 Å². The van der Waals surface area contributed by atoms with Crippen LogP contribution in [0.4, 0.5) is 5.69 Å². The third-order valence-electron chi connectivity index (χ3n) is 3.86. The summed E-state index contributed by atoms with van der Waals surface area (Å²) in [5, 5.41) is 16.2. The fourth-order valence-corrected chi connectivity index (χ4v) is 2.52. The number of anilines is 1. The Morgan fingerprint density at radius 1 is 1.31 bits per heavy atom. The van der Waals surface area contributed by atoms with Crippen LogP contribution in [-0.2, 0) is 14.4 Å². The largest absolute Gasteiger partial charge is 0.481 e. The van der Waals surface area contributed by atoms with Gasteiger partial charge in [-0.1, -0.05) is 0 Å². The smallest absolute Gasteiger partial charge is 0.303 e. The number of aliphatic carboxylic acids is 1. The number of rotatable bonds is 8. The number of hydrogen-bond donors (Lipinski definition) is 4. The summed E-state index contributed by atoms with van der Waals surface area (Å²) in [6, 6.07) is 3.69. The van der Waals surface area contributed by atoms with Crippen molar-refractivity contribution in [3.05, 3.63) is 29.3 Å². The van der Waals surface area contributed by atoms with E-state index in [1.165, 1.54) is 12.1 Å². The second kappa shape index (κ2) is 8.75. The molecule has 1 aromatic rings. The topological polar surface area (TPSA) is 142 Å². The minimum atomic E-state index is -0.888. The molecule has 0 radical (unpaired) electrons. The minimum absolute atomic E-state index is 0.0278. The van der Waals surface area contributed by atoms with Gasteiger partial charge in [-0.15, -0.1) is 0 Å². The molecule has 0 spiro atoms. The van der Waals surface area contributed by atoms with Crippen LogP contribution in [0.2, 0.25) is 0 Å². The molecule has 4 N–H and O–H groups in total. The van der Waals surface area contributed by atoms with E-state index < -0.39 is 23.8 Å². The molecule has 1 aromatic carbocycles. The number of carbonyl (C=O) groups is 5. The molecule has 26 heavy (non-hydrogen) atoms. The fraction of sp³-hybridized carbons (Fsp3) is 0.353. The number of piperidine rings is 1. The lowest BCUT2D eigenvalue weighted by Crippen LogP contribution is -2.52. The number of carboxylic acids is 1. The van der Waals surface area contributed by atoms with E-state index in [-0.39, 0.29) is 36.3 Å². The van der Waals surface area contributed by atoms with Gasteiger partial charge in [-0.3, -0.25) is 29.3 Å². The molecule has 1 aliphatic heterocycles. The number of benzene rings is 1. The van der Waals surface area contributed by atoms with E-state index in [1.807, 2.05) is 0 Å². The maximum absolute atomic E-state index is 12.3. The predicted molar refractivity (Wildman–Crippen MR) is 90.8 cm³/mol. The van der Waals surface area contributed by atoms with Crippen molar-refractivity contribution >= 4 is 35.7 Å². The highest BCUT2D eigenvalue weighted by Gasteiger charge is 2.28. The van der Waals surface area contributed by atoms with Gasteiger partial charge < -0.3 is 15.7 Å². The molecule has 0 aromatic heterocycles. The molecule has 3 amide bonds. The molecule has 0 bridgehead atoms. The molecule has 1 aliphatic rings. The molecule has 2 rings (SSSR count). The van der Waals surface area contributed by atoms with Crippen LogP contribution in [0.15, 0.2) is 18.2 Å². The Morgan fingerprint density at radius 2 is 2.08 bits per heavy atom. The number of carbonyl (C=O) groups excluding carboxylic acids is 4. The van der Waals surface area contributed by atoms with Gasteiger partial charge in [-0.2, -0.15) is 0 Å². The summed E-state index contributed by atoms with van der Waals surface area (Å²) in [6.07, 6.45) is 1.32. The van der Waals surface area contributed by atoms with Crippen molar-refractivity contribution in [2.75, 3.05) is 11.9 Å². The summed E-state index contributed by atoms with van der Waals surface area (Å²) in [4.78, 5) is 56.9. The van der Waals surface area contributed by atoms with E-state index in [0.29, 0.717) is 24.9 Å². The first-order chi connectivity index (χ1) is 12.4. The Bertz CT molecular complexity index is 746. The van der Waals surface area contributed by atoms with Crippen molar-refractivity contribution in [3.8, 4) is 0 Å². The van der Waals surface area contributed by atoms with E-state index in [2.05, 4.69) is 16.0 Å². The lowest BCUT2D eigenvalue weighted by molar-refractivity contribution is -0.137. The van der Waals surface area contributed by atoms with Crippen molar-refractivity contribution in [2.24, 2.45) is 0 Å². The zero-order valence-corrected chi connectivity index (χ0v) is 13.9. The standard InChI is InChI=1S/C17H19N3O6/c21-9-10-8-11(18-7-1-2-15(23)24)3-4-12(10)16(25)19-13-5-6-14(22)20-17(13)26/h3-4,8-9,13,18H,1-2,5-7H2,(H,19,25)(H,23,24)(H,20,22,26). The van der Waals surface area contributed by atoms with Gasteiger partial charge in [0.2, 0.25) is 11.8 Å². The van der Waals surface area contributed by atoms with Gasteiger partial charge in [0.25, 0.3) is 5.91 Å². The molecule has 0 saturated carbocycles. The maximum Gasteiger partial charge on any atom is 0.303 e. The summed E-state index contributed by atoms with van der Waals surface area (Å²) >= 11 is 0. The van der Waals surface area contributed by atoms with Gasteiger partial charge in [-0.05, 0) is 31.0 Å². The predicted octanol–water partition coefficient (Wildman–Crippen LogP) is 0.311. The Labute approximate surface area is 149 Å². The molecule has 138 valence electrons. The molecule has 0 aliphatic carbocycles. The molecule has 1 atom stereocenters. The average Bonchev–Trinajstić information content (AvgIpc) is 2.60. The molecular weight excluding hydrogens is 342 g/mol. The third-order valence-corrected chi connectivity index (χ3v) is 3.86. The van der Waals surface area contributed by atoms with Crippen LogP contribution in [0.1, 0.15) is 46.4 Å². The fourth-order valence-electron chi connectivity index (χ4n) is 2.52. The normalized spacial score (nSPS) is 16.5. The van der Waals surface area contributed by atoms with Gasteiger partial charge in [0.05, 0.1) is 0 Å². The number of nitrogens with one attached hydrogen (secondary N) is 3. The van der Waals surface area contributed by atoms with E-state index in [9.17, 15) is 24.0 Å². The second-order valence-corrected chi connectivity index (χ2v) is 5.82. The Balaban J connectivity index is 2.00. The third kappa shape index (κ3) is 5.13. The quantitative estimate of drug-likeness (QED) is 0.296. The number of carboxylic acid groups (broad SMARTS) is 1. The Hall–Kier alpha value is -3.23. The Morgan fingerprint density at radius 3 is 2.73 bits per heavy atom. The first-order valence-corrected chi connectivity index (χ1v) is 8.10. The number of imide groups is 1. The highest BCUT2D eigenvalue weighted by Crippen LogP contribution is 2.16. The summed E-state index contributed by atoms with van der Waals surface area (Å²) in [6.45, 7) is 0.409. The van der Waals surface area contributed by atoms with Crippen molar-refractivity contribution in [3.63, 3.8) is 0 Å². The van der Waals surface area contributed by atoms with Crippen molar-refractivity contribution in [1.82, 2.24) is 10.6 Å². The lowest BCUT2D eigenvalue weighted by atomic mass is 10.0. The number of aldehydes is 1. The van der Waals surface area contributed by atoms with E-state index >= 15 is 0 Å². The zero-order chi connectivity index (χ0) is 19.1. The molecule has 9 nitrogen and oxygen atoms in total. The van der Waals surface area contributed by atoms with Crippen LogP contribution in [0.5, 0.6) is 0 Å². The van der Waals surface area contributed by atoms with Gasteiger partial charge in [0, 0.05) is 36.2 Å². The summed E-state index contributed by atoms with van der Waals surface area (Å²) in [7, 11) is 0. The van der Waals surface area contributed by atoms with Crippen molar-refractivity contribution < 1.29 is 29.1 Å². The van der Waals surface area contributed by atoms with Crippen LogP contribution in [0.25, 0.3) is 0 Å². The van der Waals surface area contributed by atoms with Gasteiger partial charge >= 0.3 is 5.97 Å². The Kier molecular flexibility index (Phi) is 6.42. The first kappa shape index (κ1) is 19.1. The molecule has 9 heteroatoms. The second-order valence-electron chi connectivity index (χ2n) is 5.82. The summed E-state index contributed by atoms with van der Waals surface area (Å²) in [5.41, 5.74) is 0.828. The van der Waals surface area contributed by atoms with Crippen LogP contribution in [0, 0.1) is 0 Å². The van der Waals surface area contributed by atoms with Gasteiger partial charge in [0.1, 0.15) is 6.04 Å². The van der Waals surface area contributed by atoms with Crippen molar-refractivity contribution in [1.29, 1.82) is 0 Å². The average molecular weight is 361 g/mol. The highest BCUT2D eigenvalue weighted by atomic mass is 16.4. The summed E-state index contributed by atoms with van der Waals surface area (Å²) < 4.78 is 0. The highest BCUT2D eigenvalue weighted by molar-refractivity contribution is 6.06. The van der Waals surface area contributed by atoms with Gasteiger partial charge in [-0.25, -0.2) is 0 Å². The molecule has 1 heterocycles. The van der Waals surface area contributed by atoms with Crippen LogP contribution >= 0.6 is 0 Å².